The van der Waals surface area contributed by atoms with E-state index in [-0.39, 0.29) is 10.6 Å². The van der Waals surface area contributed by atoms with Gasteiger partial charge in [-0.15, -0.1) is 0 Å². The molecule has 0 radical (unpaired) electrons. The van der Waals surface area contributed by atoms with Crippen LogP contribution in [0.15, 0.2) is 71.8 Å². The maximum absolute atomic E-state index is 13.1. The zero-order chi connectivity index (χ0) is 24.4. The van der Waals surface area contributed by atoms with Crippen molar-refractivity contribution < 1.29 is 9.53 Å². The van der Waals surface area contributed by atoms with Crippen molar-refractivity contribution in [1.29, 1.82) is 0 Å². The van der Waals surface area contributed by atoms with E-state index in [2.05, 4.69) is 44.1 Å². The van der Waals surface area contributed by atoms with Gasteiger partial charge in [-0.2, -0.15) is 9.78 Å². The second kappa shape index (κ2) is 9.85. The van der Waals surface area contributed by atoms with Crippen LogP contribution in [-0.2, 0) is 11.3 Å². The Morgan fingerprint density at radius 3 is 2.57 bits per heavy atom. The lowest BCUT2D eigenvalue weighted by molar-refractivity contribution is 0.0600. The minimum atomic E-state index is -0.549. The molecule has 2 aromatic heterocycles. The third kappa shape index (κ3) is 4.50. The van der Waals surface area contributed by atoms with Crippen LogP contribution in [0.25, 0.3) is 16.6 Å². The van der Waals surface area contributed by atoms with E-state index >= 15 is 0 Å². The summed E-state index contributed by atoms with van der Waals surface area (Å²) in [5.41, 5.74) is 2.90. The molecule has 35 heavy (non-hydrogen) atoms. The van der Waals surface area contributed by atoms with E-state index in [1.165, 1.54) is 12.7 Å². The number of nitrogens with zero attached hydrogens (tertiary/aromatic N) is 5. The Morgan fingerprint density at radius 2 is 1.77 bits per heavy atom. The first-order chi connectivity index (χ1) is 17.1. The number of hydrogen-bond acceptors (Lipinski definition) is 7. The molecule has 0 spiro atoms. The number of esters is 1. The second-order valence-corrected chi connectivity index (χ2v) is 8.70. The van der Waals surface area contributed by atoms with Crippen LogP contribution in [0.1, 0.15) is 15.9 Å². The maximum atomic E-state index is 13.1. The summed E-state index contributed by atoms with van der Waals surface area (Å²) in [6.07, 6.45) is 3.41. The molecule has 8 nitrogen and oxygen atoms in total. The van der Waals surface area contributed by atoms with Crippen molar-refractivity contribution in [3.63, 3.8) is 0 Å². The van der Waals surface area contributed by atoms with Gasteiger partial charge in [0.25, 0.3) is 5.56 Å². The monoisotopic (exact) mass is 489 g/mol. The molecule has 1 aliphatic heterocycles. The Kier molecular flexibility index (Phi) is 6.48. The van der Waals surface area contributed by atoms with Gasteiger partial charge in [0, 0.05) is 44.3 Å². The number of halogens is 1. The van der Waals surface area contributed by atoms with Gasteiger partial charge in [0.05, 0.1) is 35.8 Å². The molecular weight excluding hydrogens is 466 g/mol. The number of hydrogen-bond donors (Lipinski definition) is 0. The van der Waals surface area contributed by atoms with Gasteiger partial charge in [0.1, 0.15) is 5.02 Å². The summed E-state index contributed by atoms with van der Waals surface area (Å²) in [7, 11) is 1.29. The molecule has 178 valence electrons. The molecular formula is C26H24ClN5O3. The Labute approximate surface area is 207 Å². The topological polar surface area (TPSA) is 80.6 Å². The fourth-order valence-corrected chi connectivity index (χ4v) is 4.69. The number of piperazine rings is 1. The minimum Gasteiger partial charge on any atom is -0.465 e. The minimum absolute atomic E-state index is 0.0753. The van der Waals surface area contributed by atoms with Crippen LogP contribution in [0, 0.1) is 0 Å². The fourth-order valence-electron chi connectivity index (χ4n) is 4.44. The lowest BCUT2D eigenvalue weighted by atomic mass is 10.1. The highest BCUT2D eigenvalue weighted by Gasteiger charge is 2.23. The van der Waals surface area contributed by atoms with Gasteiger partial charge in [-0.05, 0) is 23.8 Å². The Bertz CT molecular complexity index is 1440. The summed E-state index contributed by atoms with van der Waals surface area (Å²) in [6.45, 7) is 3.85. The lowest BCUT2D eigenvalue weighted by Crippen LogP contribution is -2.46. The number of carbonyl (C=O) groups is 1. The van der Waals surface area contributed by atoms with E-state index in [9.17, 15) is 9.59 Å². The second-order valence-electron chi connectivity index (χ2n) is 8.32. The van der Waals surface area contributed by atoms with Gasteiger partial charge in [0.2, 0.25) is 0 Å². The third-order valence-corrected chi connectivity index (χ3v) is 6.62. The number of fused-ring (bicyclic) bond motifs is 1. The molecule has 1 saturated heterocycles. The van der Waals surface area contributed by atoms with Gasteiger partial charge < -0.3 is 9.64 Å². The van der Waals surface area contributed by atoms with Crippen LogP contribution in [0.3, 0.4) is 0 Å². The number of methoxy groups -OCH3 is 1. The molecule has 5 rings (SSSR count). The molecule has 2 aromatic carbocycles. The summed E-state index contributed by atoms with van der Waals surface area (Å²) in [5.74, 6) is -0.549. The van der Waals surface area contributed by atoms with E-state index in [0.717, 1.165) is 35.2 Å². The molecule has 1 aliphatic rings. The Morgan fingerprint density at radius 1 is 1.00 bits per heavy atom. The molecule has 1 fully saturated rings. The highest BCUT2D eigenvalue weighted by atomic mass is 35.5. The van der Waals surface area contributed by atoms with Crippen molar-refractivity contribution in [3.8, 4) is 5.69 Å². The van der Waals surface area contributed by atoms with Crippen LogP contribution in [0.5, 0.6) is 0 Å². The molecule has 0 atom stereocenters. The summed E-state index contributed by atoms with van der Waals surface area (Å²) in [4.78, 5) is 34.2. The summed E-state index contributed by atoms with van der Waals surface area (Å²) in [6, 6.07) is 16.9. The number of aromatic nitrogens is 3. The zero-order valence-corrected chi connectivity index (χ0v) is 20.0. The molecule has 0 saturated carbocycles. The SMILES string of the molecule is COC(=O)c1ccccc1-n1ncc(N2CCN(Cc3cccc4cccnc34)CC2)c(Cl)c1=O. The number of benzene rings is 2. The molecule has 0 aliphatic carbocycles. The molecule has 3 heterocycles. The number of rotatable bonds is 5. The van der Waals surface area contributed by atoms with Gasteiger partial charge in [-0.25, -0.2) is 4.79 Å². The number of para-hydroxylation sites is 2. The fraction of sp³-hybridized carbons (Fsp3) is 0.231. The first-order valence-corrected chi connectivity index (χ1v) is 11.7. The first-order valence-electron chi connectivity index (χ1n) is 11.3. The summed E-state index contributed by atoms with van der Waals surface area (Å²) in [5, 5.41) is 5.54. The Balaban J connectivity index is 1.33. The average molecular weight is 490 g/mol. The molecule has 0 unspecified atom stereocenters. The van der Waals surface area contributed by atoms with Crippen LogP contribution in [0.2, 0.25) is 5.02 Å². The zero-order valence-electron chi connectivity index (χ0n) is 19.2. The average Bonchev–Trinajstić information content (AvgIpc) is 2.90. The van der Waals surface area contributed by atoms with E-state index in [0.29, 0.717) is 24.5 Å². The Hall–Kier alpha value is -3.75. The van der Waals surface area contributed by atoms with Gasteiger partial charge in [-0.3, -0.25) is 14.7 Å². The highest BCUT2D eigenvalue weighted by molar-refractivity contribution is 6.33. The first kappa shape index (κ1) is 23.0. The van der Waals surface area contributed by atoms with Crippen LogP contribution in [0.4, 0.5) is 5.69 Å². The predicted octanol–water partition coefficient (Wildman–Crippen LogP) is 3.54. The molecule has 0 amide bonds. The molecule has 9 heteroatoms. The summed E-state index contributed by atoms with van der Waals surface area (Å²) >= 11 is 6.53. The van der Waals surface area contributed by atoms with Crippen molar-refractivity contribution in [1.82, 2.24) is 19.7 Å². The quantitative estimate of drug-likeness (QED) is 0.397. The van der Waals surface area contributed by atoms with Crippen molar-refractivity contribution in [2.75, 3.05) is 38.2 Å². The van der Waals surface area contributed by atoms with Crippen molar-refractivity contribution >= 4 is 34.2 Å². The molecule has 4 aromatic rings. The van der Waals surface area contributed by atoms with Crippen molar-refractivity contribution in [3.05, 3.63) is 93.5 Å². The van der Waals surface area contributed by atoms with E-state index in [4.69, 9.17) is 16.3 Å². The molecule has 0 bridgehead atoms. The van der Waals surface area contributed by atoms with Gasteiger partial charge >= 0.3 is 5.97 Å². The smallest absolute Gasteiger partial charge is 0.340 e. The van der Waals surface area contributed by atoms with Crippen LogP contribution in [-0.4, -0.2) is 58.9 Å². The highest BCUT2D eigenvalue weighted by Crippen LogP contribution is 2.25. The van der Waals surface area contributed by atoms with Crippen LogP contribution < -0.4 is 10.5 Å². The van der Waals surface area contributed by atoms with Crippen molar-refractivity contribution in [2.45, 2.75) is 6.54 Å². The number of pyridine rings is 1. The third-order valence-electron chi connectivity index (χ3n) is 6.26. The lowest BCUT2D eigenvalue weighted by Gasteiger charge is -2.36. The van der Waals surface area contributed by atoms with Gasteiger partial charge in [0.15, 0.2) is 0 Å². The molecule has 0 N–H and O–H groups in total. The maximum Gasteiger partial charge on any atom is 0.340 e. The van der Waals surface area contributed by atoms with Gasteiger partial charge in [-0.1, -0.05) is 48.0 Å². The predicted molar refractivity (Wildman–Crippen MR) is 135 cm³/mol. The number of anilines is 1. The van der Waals surface area contributed by atoms with E-state index in [1.807, 2.05) is 12.3 Å². The van der Waals surface area contributed by atoms with Crippen LogP contribution >= 0.6 is 11.6 Å². The van der Waals surface area contributed by atoms with E-state index in [1.54, 1.807) is 30.5 Å². The normalized spacial score (nSPS) is 14.3. The number of carbonyl (C=O) groups excluding carboxylic acids is 1. The largest absolute Gasteiger partial charge is 0.465 e. The summed E-state index contributed by atoms with van der Waals surface area (Å²) < 4.78 is 5.97. The number of ether oxygens (including phenoxy) is 1. The van der Waals surface area contributed by atoms with Crippen molar-refractivity contribution in [2.24, 2.45) is 0 Å². The standard InChI is InChI=1S/C26H24ClN5O3/c1-35-26(34)20-9-2-3-10-21(20)32-25(33)23(27)22(16-29-32)31-14-12-30(13-15-31)17-19-7-4-6-18-8-5-11-28-24(18)19/h2-11,16H,12-15,17H2,1H3. The van der Waals surface area contributed by atoms with E-state index < -0.39 is 11.5 Å².